The summed E-state index contributed by atoms with van der Waals surface area (Å²) >= 11 is 1.99. The lowest BCUT2D eigenvalue weighted by Gasteiger charge is -2.22. The molecule has 6 heteroatoms. The molecule has 2 rings (SSSR count). The van der Waals surface area contributed by atoms with Gasteiger partial charge in [0, 0.05) is 30.4 Å². The Kier molecular flexibility index (Phi) is 11.7. The summed E-state index contributed by atoms with van der Waals surface area (Å²) in [6.07, 6.45) is 6.01. The third kappa shape index (κ3) is 8.20. The van der Waals surface area contributed by atoms with E-state index in [-0.39, 0.29) is 24.0 Å². The van der Waals surface area contributed by atoms with Crippen molar-refractivity contribution in [1.82, 2.24) is 15.5 Å². The van der Waals surface area contributed by atoms with Gasteiger partial charge in [-0.25, -0.2) is 4.99 Å². The van der Waals surface area contributed by atoms with Gasteiger partial charge in [-0.3, -0.25) is 4.90 Å². The molecule has 0 saturated heterocycles. The average Bonchev–Trinajstić information content (AvgIpc) is 3.08. The Balaban J connectivity index is 0.00000364. The van der Waals surface area contributed by atoms with E-state index in [1.165, 1.54) is 30.4 Å². The van der Waals surface area contributed by atoms with E-state index in [1.54, 1.807) is 0 Å². The van der Waals surface area contributed by atoms with Crippen LogP contribution >= 0.6 is 35.7 Å². The van der Waals surface area contributed by atoms with Gasteiger partial charge in [-0.2, -0.15) is 11.8 Å². The summed E-state index contributed by atoms with van der Waals surface area (Å²) in [5.74, 6) is 0.950. The minimum absolute atomic E-state index is 0. The van der Waals surface area contributed by atoms with Gasteiger partial charge in [0.05, 0.1) is 6.54 Å². The van der Waals surface area contributed by atoms with Gasteiger partial charge >= 0.3 is 0 Å². The molecule has 154 valence electrons. The molecule has 0 aliphatic heterocycles. The number of aliphatic imine (C=N–C) groups is 1. The first kappa shape index (κ1) is 24.6. The number of hydrogen-bond acceptors (Lipinski definition) is 3. The topological polar surface area (TPSA) is 39.7 Å². The maximum atomic E-state index is 4.88. The SMILES string of the molecule is CCNC(=NCc1ccccc1CN(C)C(C)C)NC1CCC(SC)C1.I. The molecule has 2 unspecified atom stereocenters. The van der Waals surface area contributed by atoms with E-state index in [4.69, 9.17) is 4.99 Å². The van der Waals surface area contributed by atoms with E-state index in [1.807, 2.05) is 11.8 Å². The first-order valence-corrected chi connectivity index (χ1v) is 11.2. The Hall–Kier alpha value is -0.470. The number of rotatable bonds is 8. The fourth-order valence-electron chi connectivity index (χ4n) is 3.28. The molecule has 1 aliphatic carbocycles. The highest BCUT2D eigenvalue weighted by molar-refractivity contribution is 14.0. The fourth-order valence-corrected chi connectivity index (χ4v) is 4.08. The first-order valence-electron chi connectivity index (χ1n) is 9.88. The molecule has 1 aromatic rings. The van der Waals surface area contributed by atoms with Crippen LogP contribution in [0, 0.1) is 0 Å². The van der Waals surface area contributed by atoms with E-state index >= 15 is 0 Å². The zero-order chi connectivity index (χ0) is 18.9. The zero-order valence-corrected chi connectivity index (χ0v) is 20.6. The summed E-state index contributed by atoms with van der Waals surface area (Å²) in [5.41, 5.74) is 2.68. The molecule has 2 N–H and O–H groups in total. The van der Waals surface area contributed by atoms with Crippen LogP contribution in [0.1, 0.15) is 51.2 Å². The maximum Gasteiger partial charge on any atom is 0.191 e. The highest BCUT2D eigenvalue weighted by Crippen LogP contribution is 2.28. The molecule has 0 amide bonds. The maximum absolute atomic E-state index is 4.88. The molecule has 1 aromatic carbocycles. The molecule has 4 nitrogen and oxygen atoms in total. The molecule has 1 saturated carbocycles. The van der Waals surface area contributed by atoms with Gasteiger partial charge in [0.2, 0.25) is 0 Å². The first-order chi connectivity index (χ1) is 12.5. The lowest BCUT2D eigenvalue weighted by Crippen LogP contribution is -2.42. The van der Waals surface area contributed by atoms with Crippen molar-refractivity contribution in [2.45, 2.75) is 70.5 Å². The van der Waals surface area contributed by atoms with Crippen molar-refractivity contribution in [2.75, 3.05) is 19.8 Å². The van der Waals surface area contributed by atoms with E-state index in [2.05, 4.69) is 73.9 Å². The number of thioether (sulfide) groups is 1. The zero-order valence-electron chi connectivity index (χ0n) is 17.5. The molecular formula is C21H37IN4S. The van der Waals surface area contributed by atoms with E-state index < -0.39 is 0 Å². The Morgan fingerprint density at radius 3 is 2.56 bits per heavy atom. The van der Waals surface area contributed by atoms with Gasteiger partial charge in [-0.05, 0) is 64.5 Å². The fraction of sp³-hybridized carbons (Fsp3) is 0.667. The largest absolute Gasteiger partial charge is 0.357 e. The van der Waals surface area contributed by atoms with E-state index in [0.29, 0.717) is 12.1 Å². The van der Waals surface area contributed by atoms with Gasteiger partial charge in [-0.1, -0.05) is 24.3 Å². The van der Waals surface area contributed by atoms with Crippen LogP contribution in [0.25, 0.3) is 0 Å². The summed E-state index contributed by atoms with van der Waals surface area (Å²) < 4.78 is 0. The predicted octanol–water partition coefficient (Wildman–Crippen LogP) is 4.48. The molecule has 1 fully saturated rings. The predicted molar refractivity (Wildman–Crippen MR) is 131 cm³/mol. The Morgan fingerprint density at radius 2 is 1.96 bits per heavy atom. The van der Waals surface area contributed by atoms with Gasteiger partial charge < -0.3 is 10.6 Å². The standard InChI is InChI=1S/C21H36N4S.HI/c1-6-22-21(24-19-11-12-20(13-19)26-5)23-14-17-9-7-8-10-18(17)15-25(4)16(2)3;/h7-10,16,19-20H,6,11-15H2,1-5H3,(H2,22,23,24);1H. The molecule has 0 bridgehead atoms. The van der Waals surface area contributed by atoms with Gasteiger partial charge in [0.1, 0.15) is 0 Å². The summed E-state index contributed by atoms with van der Waals surface area (Å²) in [6, 6.07) is 9.76. The van der Waals surface area contributed by atoms with Gasteiger partial charge in [0.15, 0.2) is 5.96 Å². The van der Waals surface area contributed by atoms with Crippen molar-refractivity contribution in [3.63, 3.8) is 0 Å². The van der Waals surface area contributed by atoms with Crippen LogP contribution in [0.4, 0.5) is 0 Å². The van der Waals surface area contributed by atoms with E-state index in [9.17, 15) is 0 Å². The number of benzene rings is 1. The van der Waals surface area contributed by atoms with Crippen LogP contribution < -0.4 is 10.6 Å². The van der Waals surface area contributed by atoms with Crippen LogP contribution in [0.2, 0.25) is 0 Å². The van der Waals surface area contributed by atoms with Crippen LogP contribution in [0.5, 0.6) is 0 Å². The van der Waals surface area contributed by atoms with Crippen molar-refractivity contribution >= 4 is 41.7 Å². The molecule has 0 aromatic heterocycles. The van der Waals surface area contributed by atoms with Gasteiger partial charge in [-0.15, -0.1) is 24.0 Å². The van der Waals surface area contributed by atoms with Crippen LogP contribution in [0.3, 0.4) is 0 Å². The quantitative estimate of drug-likeness (QED) is 0.311. The Labute approximate surface area is 187 Å². The number of nitrogens with one attached hydrogen (secondary N) is 2. The van der Waals surface area contributed by atoms with Crippen LogP contribution in [-0.2, 0) is 13.1 Å². The number of guanidine groups is 1. The highest BCUT2D eigenvalue weighted by atomic mass is 127. The van der Waals surface area contributed by atoms with Crippen LogP contribution in [0.15, 0.2) is 29.3 Å². The molecule has 0 spiro atoms. The summed E-state index contributed by atoms with van der Waals surface area (Å²) in [7, 11) is 2.18. The number of halogens is 1. The monoisotopic (exact) mass is 504 g/mol. The molecule has 0 heterocycles. The second-order valence-corrected chi connectivity index (χ2v) is 8.62. The van der Waals surface area contributed by atoms with Crippen molar-refractivity contribution in [3.05, 3.63) is 35.4 Å². The van der Waals surface area contributed by atoms with Crippen molar-refractivity contribution in [3.8, 4) is 0 Å². The second kappa shape index (κ2) is 12.9. The van der Waals surface area contributed by atoms with Crippen LogP contribution in [-0.4, -0.2) is 48.0 Å². The Bertz CT molecular complexity index is 579. The number of hydrogen-bond donors (Lipinski definition) is 2. The van der Waals surface area contributed by atoms with E-state index in [0.717, 1.165) is 30.8 Å². The summed E-state index contributed by atoms with van der Waals surface area (Å²) in [5, 5.41) is 7.85. The second-order valence-electron chi connectivity index (χ2n) is 7.48. The van der Waals surface area contributed by atoms with Crippen molar-refractivity contribution < 1.29 is 0 Å². The molecule has 2 atom stereocenters. The average molecular weight is 505 g/mol. The molecular weight excluding hydrogens is 467 g/mol. The Morgan fingerprint density at radius 1 is 1.26 bits per heavy atom. The molecule has 0 radical (unpaired) electrons. The molecule has 1 aliphatic rings. The summed E-state index contributed by atoms with van der Waals surface area (Å²) in [6.45, 7) is 9.17. The van der Waals surface area contributed by atoms with Crippen molar-refractivity contribution in [1.29, 1.82) is 0 Å². The lowest BCUT2D eigenvalue weighted by molar-refractivity contribution is 0.265. The highest BCUT2D eigenvalue weighted by Gasteiger charge is 2.24. The third-order valence-corrected chi connectivity index (χ3v) is 6.32. The summed E-state index contributed by atoms with van der Waals surface area (Å²) in [4.78, 5) is 7.25. The minimum Gasteiger partial charge on any atom is -0.357 e. The minimum atomic E-state index is 0. The number of nitrogens with zero attached hydrogens (tertiary/aromatic N) is 2. The molecule has 27 heavy (non-hydrogen) atoms. The lowest BCUT2D eigenvalue weighted by atomic mass is 10.1. The van der Waals surface area contributed by atoms with Gasteiger partial charge in [0.25, 0.3) is 0 Å². The third-order valence-electron chi connectivity index (χ3n) is 5.23. The normalized spacial score (nSPS) is 20.0. The smallest absolute Gasteiger partial charge is 0.191 e. The van der Waals surface area contributed by atoms with Crippen molar-refractivity contribution in [2.24, 2.45) is 4.99 Å².